The molecule has 7 heteroatoms. The molecule has 0 aliphatic carbocycles. The number of nitrogens with zero attached hydrogens (tertiary/aromatic N) is 1. The van der Waals surface area contributed by atoms with E-state index >= 15 is 0 Å². The Morgan fingerprint density at radius 3 is 2.44 bits per heavy atom. The third kappa shape index (κ3) is 4.91. The lowest BCUT2D eigenvalue weighted by Gasteiger charge is -2.08. The van der Waals surface area contributed by atoms with Gasteiger partial charge in [0.05, 0.1) is 11.1 Å². The number of esters is 2. The lowest BCUT2D eigenvalue weighted by atomic mass is 10.1. The molecule has 2 rings (SSSR count). The second kappa shape index (κ2) is 8.26. The second-order valence-corrected chi connectivity index (χ2v) is 4.60. The minimum Gasteiger partial charge on any atom is -0.457 e. The van der Waals surface area contributed by atoms with Gasteiger partial charge >= 0.3 is 11.9 Å². The predicted molar refractivity (Wildman–Crippen MR) is 84.3 cm³/mol. The number of halogens is 1. The van der Waals surface area contributed by atoms with Gasteiger partial charge in [-0.15, -0.1) is 0 Å². The van der Waals surface area contributed by atoms with Crippen LogP contribution in [0.3, 0.4) is 0 Å². The first-order valence-corrected chi connectivity index (χ1v) is 6.97. The zero-order valence-electron chi connectivity index (χ0n) is 12.9. The Kier molecular flexibility index (Phi) is 5.85. The van der Waals surface area contributed by atoms with Crippen LogP contribution in [-0.2, 0) is 9.53 Å². The SMILES string of the molecule is C=CC(=O)OCOc1ccc(OC(=O)c2ccc(C#N)c(F)c2)cc1. The number of ether oxygens (including phenoxy) is 3. The largest absolute Gasteiger partial charge is 0.457 e. The van der Waals surface area contributed by atoms with Crippen LogP contribution in [0.25, 0.3) is 0 Å². The van der Waals surface area contributed by atoms with Gasteiger partial charge in [-0.1, -0.05) is 6.58 Å². The Labute approximate surface area is 142 Å². The first kappa shape index (κ1) is 17.7. The fourth-order valence-electron chi connectivity index (χ4n) is 1.72. The molecular formula is C18H12FNO5. The average molecular weight is 341 g/mol. The molecule has 0 aliphatic rings. The lowest BCUT2D eigenvalue weighted by molar-refractivity contribution is -0.144. The highest BCUT2D eigenvalue weighted by atomic mass is 19.1. The number of carbonyl (C=O) groups is 2. The molecule has 25 heavy (non-hydrogen) atoms. The Morgan fingerprint density at radius 2 is 1.84 bits per heavy atom. The monoisotopic (exact) mass is 341 g/mol. The van der Waals surface area contributed by atoms with Crippen molar-refractivity contribution in [1.82, 2.24) is 0 Å². The topological polar surface area (TPSA) is 85.6 Å². The molecule has 0 spiro atoms. The van der Waals surface area contributed by atoms with E-state index in [1.165, 1.54) is 36.4 Å². The Balaban J connectivity index is 1.95. The molecule has 0 radical (unpaired) electrons. The van der Waals surface area contributed by atoms with E-state index in [1.807, 2.05) is 0 Å². The molecule has 0 aromatic heterocycles. The van der Waals surface area contributed by atoms with E-state index in [2.05, 4.69) is 11.3 Å². The fourth-order valence-corrected chi connectivity index (χ4v) is 1.72. The summed E-state index contributed by atoms with van der Waals surface area (Å²) in [7, 11) is 0. The third-order valence-corrected chi connectivity index (χ3v) is 2.95. The summed E-state index contributed by atoms with van der Waals surface area (Å²) in [6, 6.07) is 11.0. The van der Waals surface area contributed by atoms with E-state index in [1.54, 1.807) is 6.07 Å². The summed E-state index contributed by atoms with van der Waals surface area (Å²) in [4.78, 5) is 22.8. The highest BCUT2D eigenvalue weighted by Crippen LogP contribution is 2.19. The second-order valence-electron chi connectivity index (χ2n) is 4.60. The summed E-state index contributed by atoms with van der Waals surface area (Å²) in [5.41, 5.74) is -0.177. The van der Waals surface area contributed by atoms with Gasteiger partial charge in [0.2, 0.25) is 6.79 Å². The quantitative estimate of drug-likeness (QED) is 0.347. The third-order valence-electron chi connectivity index (χ3n) is 2.95. The Morgan fingerprint density at radius 1 is 1.16 bits per heavy atom. The van der Waals surface area contributed by atoms with Gasteiger partial charge in [0.1, 0.15) is 23.4 Å². The van der Waals surface area contributed by atoms with Gasteiger partial charge in [0, 0.05) is 6.08 Å². The molecule has 0 unspecified atom stereocenters. The number of benzene rings is 2. The van der Waals surface area contributed by atoms with Crippen LogP contribution in [0.1, 0.15) is 15.9 Å². The van der Waals surface area contributed by atoms with Gasteiger partial charge in [0.15, 0.2) is 0 Å². The highest BCUT2D eigenvalue weighted by molar-refractivity contribution is 5.91. The van der Waals surface area contributed by atoms with E-state index in [0.29, 0.717) is 5.75 Å². The van der Waals surface area contributed by atoms with Crippen molar-refractivity contribution in [1.29, 1.82) is 5.26 Å². The van der Waals surface area contributed by atoms with Crippen LogP contribution in [0, 0.1) is 17.1 Å². The van der Waals surface area contributed by atoms with Gasteiger partial charge < -0.3 is 14.2 Å². The fraction of sp³-hybridized carbons (Fsp3) is 0.0556. The number of carbonyl (C=O) groups excluding carboxylic acids is 2. The Bertz CT molecular complexity index is 840. The van der Waals surface area contributed by atoms with Gasteiger partial charge in [-0.05, 0) is 42.5 Å². The molecule has 126 valence electrons. The van der Waals surface area contributed by atoms with Crippen LogP contribution in [-0.4, -0.2) is 18.7 Å². The summed E-state index contributed by atoms with van der Waals surface area (Å²) in [5.74, 6) is -1.57. The minimum atomic E-state index is -0.797. The van der Waals surface area contributed by atoms with Crippen molar-refractivity contribution in [2.24, 2.45) is 0 Å². The first-order chi connectivity index (χ1) is 12.0. The zero-order valence-corrected chi connectivity index (χ0v) is 12.9. The van der Waals surface area contributed by atoms with Gasteiger partial charge in [-0.3, -0.25) is 0 Å². The van der Waals surface area contributed by atoms with Crippen molar-refractivity contribution >= 4 is 11.9 Å². The summed E-state index contributed by atoms with van der Waals surface area (Å²) >= 11 is 0. The summed E-state index contributed by atoms with van der Waals surface area (Å²) < 4.78 is 28.4. The molecule has 0 fully saturated rings. The molecular weight excluding hydrogens is 329 g/mol. The van der Waals surface area contributed by atoms with Crippen molar-refractivity contribution < 1.29 is 28.2 Å². The van der Waals surface area contributed by atoms with Crippen LogP contribution in [0.5, 0.6) is 11.5 Å². The summed E-state index contributed by atoms with van der Waals surface area (Å²) in [6.45, 7) is 2.96. The number of hydrogen-bond acceptors (Lipinski definition) is 6. The average Bonchev–Trinajstić information content (AvgIpc) is 2.62. The molecule has 0 amide bonds. The molecule has 0 bridgehead atoms. The molecule has 0 atom stereocenters. The molecule has 2 aromatic rings. The molecule has 0 heterocycles. The van der Waals surface area contributed by atoms with Crippen LogP contribution >= 0.6 is 0 Å². The minimum absolute atomic E-state index is 0.0202. The first-order valence-electron chi connectivity index (χ1n) is 6.97. The maximum atomic E-state index is 13.5. The van der Waals surface area contributed by atoms with Crippen molar-refractivity contribution in [2.75, 3.05) is 6.79 Å². The maximum absolute atomic E-state index is 13.5. The van der Waals surface area contributed by atoms with E-state index in [4.69, 9.17) is 14.7 Å². The zero-order chi connectivity index (χ0) is 18.2. The van der Waals surface area contributed by atoms with Crippen molar-refractivity contribution in [3.63, 3.8) is 0 Å². The Hall–Kier alpha value is -3.66. The van der Waals surface area contributed by atoms with Crippen LogP contribution in [0.15, 0.2) is 55.1 Å². The van der Waals surface area contributed by atoms with Gasteiger partial charge in [0.25, 0.3) is 0 Å². The number of hydrogen-bond donors (Lipinski definition) is 0. The standard InChI is InChI=1S/C18H12FNO5/c1-2-17(21)24-11-23-14-5-7-15(8-6-14)25-18(22)12-3-4-13(10-20)16(19)9-12/h2-9H,1,11H2. The highest BCUT2D eigenvalue weighted by Gasteiger charge is 2.12. The van der Waals surface area contributed by atoms with Crippen LogP contribution in [0.2, 0.25) is 0 Å². The van der Waals surface area contributed by atoms with E-state index in [9.17, 15) is 14.0 Å². The van der Waals surface area contributed by atoms with Gasteiger partial charge in [-0.2, -0.15) is 5.26 Å². The lowest BCUT2D eigenvalue weighted by Crippen LogP contribution is -2.09. The van der Waals surface area contributed by atoms with E-state index in [-0.39, 0.29) is 23.7 Å². The van der Waals surface area contributed by atoms with E-state index in [0.717, 1.165) is 12.1 Å². The normalized spacial score (nSPS) is 9.60. The van der Waals surface area contributed by atoms with E-state index < -0.39 is 17.8 Å². The number of rotatable bonds is 6. The van der Waals surface area contributed by atoms with Crippen LogP contribution in [0.4, 0.5) is 4.39 Å². The number of nitriles is 1. The molecule has 0 aliphatic heterocycles. The molecule has 6 nitrogen and oxygen atoms in total. The van der Waals surface area contributed by atoms with Crippen molar-refractivity contribution in [3.8, 4) is 17.6 Å². The van der Waals surface area contributed by atoms with Crippen molar-refractivity contribution in [2.45, 2.75) is 0 Å². The van der Waals surface area contributed by atoms with Crippen LogP contribution < -0.4 is 9.47 Å². The maximum Gasteiger partial charge on any atom is 0.343 e. The summed E-state index contributed by atoms with van der Waals surface area (Å²) in [5, 5.41) is 8.66. The molecule has 2 aromatic carbocycles. The molecule has 0 N–H and O–H groups in total. The molecule has 0 saturated heterocycles. The smallest absolute Gasteiger partial charge is 0.343 e. The van der Waals surface area contributed by atoms with Gasteiger partial charge in [-0.25, -0.2) is 14.0 Å². The molecule has 0 saturated carbocycles. The van der Waals surface area contributed by atoms with Crippen molar-refractivity contribution in [3.05, 3.63) is 72.1 Å². The predicted octanol–water partition coefficient (Wildman–Crippen LogP) is 2.98. The summed E-state index contributed by atoms with van der Waals surface area (Å²) in [6.07, 6.45) is 1.01.